The van der Waals surface area contributed by atoms with Gasteiger partial charge in [0.1, 0.15) is 0 Å². The Balaban J connectivity index is 1.45. The molecule has 7 nitrogen and oxygen atoms in total. The van der Waals surface area contributed by atoms with Gasteiger partial charge in [0, 0.05) is 32.7 Å². The Bertz CT molecular complexity index is 598. The van der Waals surface area contributed by atoms with Gasteiger partial charge in [-0.2, -0.15) is 0 Å². The van der Waals surface area contributed by atoms with Crippen molar-refractivity contribution in [2.45, 2.75) is 33.2 Å². The third-order valence-electron chi connectivity index (χ3n) is 6.41. The molecule has 2 aliphatic carbocycles. The summed E-state index contributed by atoms with van der Waals surface area (Å²) in [5.74, 6) is 1.05. The molecular formula is C20H33N5O2. The summed E-state index contributed by atoms with van der Waals surface area (Å²) in [5, 5.41) is 6.56. The van der Waals surface area contributed by atoms with E-state index in [4.69, 9.17) is 0 Å². The molecule has 2 fully saturated rings. The van der Waals surface area contributed by atoms with E-state index in [9.17, 15) is 9.59 Å². The van der Waals surface area contributed by atoms with Crippen LogP contribution in [0.5, 0.6) is 0 Å². The van der Waals surface area contributed by atoms with Crippen LogP contribution in [0.2, 0.25) is 0 Å². The van der Waals surface area contributed by atoms with Gasteiger partial charge in [-0.15, -0.1) is 0 Å². The number of amides is 2. The van der Waals surface area contributed by atoms with Gasteiger partial charge in [-0.3, -0.25) is 24.4 Å². The molecule has 3 rings (SSSR count). The number of carbonyl (C=O) groups excluding carboxylic acids is 2. The molecule has 2 amide bonds. The molecule has 0 aromatic heterocycles. The van der Waals surface area contributed by atoms with Gasteiger partial charge in [0.15, 0.2) is 5.96 Å². The molecule has 0 aromatic rings. The van der Waals surface area contributed by atoms with Crippen LogP contribution in [-0.4, -0.2) is 73.4 Å². The Morgan fingerprint density at radius 1 is 1.19 bits per heavy atom. The zero-order chi connectivity index (χ0) is 19.6. The number of fused-ring (bicyclic) bond motifs is 5. The third-order valence-corrected chi connectivity index (χ3v) is 6.41. The van der Waals surface area contributed by atoms with Gasteiger partial charge in [-0.05, 0) is 38.3 Å². The first kappa shape index (κ1) is 19.9. The number of allylic oxidation sites excluding steroid dienone is 2. The molecule has 5 unspecified atom stereocenters. The van der Waals surface area contributed by atoms with E-state index in [0.717, 1.165) is 26.1 Å². The fraction of sp³-hybridized carbons (Fsp3) is 0.750. The number of likely N-dealkylation sites (tertiary alicyclic amines) is 1. The summed E-state index contributed by atoms with van der Waals surface area (Å²) in [5.41, 5.74) is 0. The zero-order valence-corrected chi connectivity index (χ0v) is 16.9. The van der Waals surface area contributed by atoms with Crippen LogP contribution >= 0.6 is 0 Å². The van der Waals surface area contributed by atoms with Crippen LogP contribution in [-0.2, 0) is 9.59 Å². The zero-order valence-electron chi connectivity index (χ0n) is 16.9. The number of carbonyl (C=O) groups is 2. The minimum absolute atomic E-state index is 0.0155. The van der Waals surface area contributed by atoms with E-state index >= 15 is 0 Å². The topological polar surface area (TPSA) is 77.0 Å². The first-order valence-electron chi connectivity index (χ1n) is 10.2. The van der Waals surface area contributed by atoms with Gasteiger partial charge in [0.2, 0.25) is 11.8 Å². The molecule has 0 spiro atoms. The monoisotopic (exact) mass is 375 g/mol. The number of rotatable bonds is 8. The molecule has 3 aliphatic rings. The Kier molecular flexibility index (Phi) is 6.19. The van der Waals surface area contributed by atoms with Crippen molar-refractivity contribution < 1.29 is 9.59 Å². The lowest BCUT2D eigenvalue weighted by Gasteiger charge is -2.27. The molecule has 2 bridgehead atoms. The van der Waals surface area contributed by atoms with Crippen LogP contribution < -0.4 is 10.6 Å². The van der Waals surface area contributed by atoms with Crippen molar-refractivity contribution in [1.82, 2.24) is 20.4 Å². The maximum atomic E-state index is 12.7. The number of aliphatic imine (C=N–C) groups is 1. The molecule has 2 N–H and O–H groups in total. The normalized spacial score (nSPS) is 30.4. The highest BCUT2D eigenvalue weighted by Crippen LogP contribution is 2.52. The van der Waals surface area contributed by atoms with Crippen LogP contribution in [0.1, 0.15) is 27.2 Å². The smallest absolute Gasteiger partial charge is 0.233 e. The number of guanidine groups is 1. The molecule has 27 heavy (non-hydrogen) atoms. The first-order chi connectivity index (χ1) is 13.0. The molecule has 150 valence electrons. The van der Waals surface area contributed by atoms with Crippen molar-refractivity contribution in [3.8, 4) is 0 Å². The number of hydrogen-bond donors (Lipinski definition) is 2. The van der Waals surface area contributed by atoms with Crippen LogP contribution in [0, 0.1) is 23.7 Å². The van der Waals surface area contributed by atoms with Crippen LogP contribution in [0.3, 0.4) is 0 Å². The van der Waals surface area contributed by atoms with Crippen molar-refractivity contribution in [2.75, 3.05) is 39.8 Å². The molecule has 1 saturated heterocycles. The van der Waals surface area contributed by atoms with Gasteiger partial charge >= 0.3 is 0 Å². The Labute approximate surface area is 162 Å². The summed E-state index contributed by atoms with van der Waals surface area (Å²) in [7, 11) is 1.73. The number of likely N-dealkylation sites (N-methyl/N-ethyl adjacent to an activating group) is 1. The van der Waals surface area contributed by atoms with E-state index in [1.807, 2.05) is 0 Å². The lowest BCUT2D eigenvalue weighted by molar-refractivity contribution is -0.140. The quantitative estimate of drug-likeness (QED) is 0.283. The summed E-state index contributed by atoms with van der Waals surface area (Å²) in [6.07, 6.45) is 5.23. The van der Waals surface area contributed by atoms with Gasteiger partial charge in [-0.25, -0.2) is 0 Å². The number of imide groups is 1. The van der Waals surface area contributed by atoms with E-state index in [2.05, 4.69) is 53.4 Å². The summed E-state index contributed by atoms with van der Waals surface area (Å²) in [4.78, 5) is 33.4. The first-order valence-corrected chi connectivity index (χ1v) is 10.2. The van der Waals surface area contributed by atoms with E-state index in [-0.39, 0.29) is 35.5 Å². The van der Waals surface area contributed by atoms with Crippen LogP contribution in [0.25, 0.3) is 0 Å². The average Bonchev–Trinajstić information content (AvgIpc) is 3.34. The highest BCUT2D eigenvalue weighted by atomic mass is 16.2. The SMILES string of the molecule is CCN(CC)C(C)CNC(=NC)NCCN1C(=O)C2C3C=CC(C3)C2C1=O. The molecule has 0 radical (unpaired) electrons. The largest absolute Gasteiger partial charge is 0.355 e. The van der Waals surface area contributed by atoms with Gasteiger partial charge in [-0.1, -0.05) is 26.0 Å². The Morgan fingerprint density at radius 2 is 1.78 bits per heavy atom. The lowest BCUT2D eigenvalue weighted by atomic mass is 9.85. The second kappa shape index (κ2) is 8.42. The van der Waals surface area contributed by atoms with Crippen molar-refractivity contribution in [1.29, 1.82) is 0 Å². The Hall–Kier alpha value is -1.89. The highest BCUT2D eigenvalue weighted by molar-refractivity contribution is 6.06. The highest BCUT2D eigenvalue weighted by Gasteiger charge is 2.58. The predicted octanol–water partition coefficient (Wildman–Crippen LogP) is 0.689. The predicted molar refractivity (Wildman–Crippen MR) is 106 cm³/mol. The van der Waals surface area contributed by atoms with Gasteiger partial charge in [0.25, 0.3) is 0 Å². The Morgan fingerprint density at radius 3 is 2.30 bits per heavy atom. The maximum Gasteiger partial charge on any atom is 0.233 e. The summed E-state index contributed by atoms with van der Waals surface area (Å²) in [6.45, 7) is 10.3. The fourth-order valence-corrected chi connectivity index (χ4v) is 4.91. The van der Waals surface area contributed by atoms with Crippen molar-refractivity contribution in [3.05, 3.63) is 12.2 Å². The third kappa shape index (κ3) is 3.74. The van der Waals surface area contributed by atoms with E-state index < -0.39 is 0 Å². The van der Waals surface area contributed by atoms with Crippen molar-refractivity contribution >= 4 is 17.8 Å². The van der Waals surface area contributed by atoms with E-state index in [1.54, 1.807) is 7.05 Å². The lowest BCUT2D eigenvalue weighted by Crippen LogP contribution is -2.47. The van der Waals surface area contributed by atoms with Crippen molar-refractivity contribution in [2.24, 2.45) is 28.7 Å². The molecule has 1 heterocycles. The maximum absolute atomic E-state index is 12.7. The van der Waals surface area contributed by atoms with E-state index in [1.165, 1.54) is 4.90 Å². The minimum atomic E-state index is -0.111. The number of hydrogen-bond acceptors (Lipinski definition) is 4. The van der Waals surface area contributed by atoms with Crippen molar-refractivity contribution in [3.63, 3.8) is 0 Å². The van der Waals surface area contributed by atoms with Gasteiger partial charge in [0.05, 0.1) is 11.8 Å². The summed E-state index contributed by atoms with van der Waals surface area (Å²) in [6, 6.07) is 0.405. The molecule has 0 aromatic carbocycles. The number of nitrogens with zero attached hydrogens (tertiary/aromatic N) is 3. The van der Waals surface area contributed by atoms with Crippen LogP contribution in [0.4, 0.5) is 0 Å². The second-order valence-corrected chi connectivity index (χ2v) is 7.78. The van der Waals surface area contributed by atoms with E-state index in [0.29, 0.717) is 25.1 Å². The molecule has 1 saturated carbocycles. The molecule has 5 atom stereocenters. The fourth-order valence-electron chi connectivity index (χ4n) is 4.91. The van der Waals surface area contributed by atoms with Gasteiger partial charge < -0.3 is 10.6 Å². The average molecular weight is 376 g/mol. The standard InChI is InChI=1S/C20H33N5O2/c1-5-24(6-2)13(3)12-23-20(21-4)22-9-10-25-18(26)16-14-7-8-15(11-14)17(16)19(25)27/h7-8,13-17H,5-6,9-12H2,1-4H3,(H2,21,22,23). The number of nitrogens with one attached hydrogen (secondary N) is 2. The molecule has 7 heteroatoms. The summed E-state index contributed by atoms with van der Waals surface area (Å²) < 4.78 is 0. The molecular weight excluding hydrogens is 342 g/mol. The minimum Gasteiger partial charge on any atom is -0.355 e. The summed E-state index contributed by atoms with van der Waals surface area (Å²) >= 11 is 0. The molecule has 1 aliphatic heterocycles. The van der Waals surface area contributed by atoms with Crippen LogP contribution in [0.15, 0.2) is 17.1 Å². The second-order valence-electron chi connectivity index (χ2n) is 7.78.